The summed E-state index contributed by atoms with van der Waals surface area (Å²) in [4.78, 5) is 32.6. The van der Waals surface area contributed by atoms with Gasteiger partial charge in [0.2, 0.25) is 0 Å². The van der Waals surface area contributed by atoms with E-state index in [1.807, 2.05) is 0 Å². The summed E-state index contributed by atoms with van der Waals surface area (Å²) in [6.45, 7) is 1.93. The number of esters is 1. The minimum absolute atomic E-state index is 0.0764. The number of nitrogens with one attached hydrogen (secondary N) is 2. The fourth-order valence-corrected chi connectivity index (χ4v) is 2.43. The van der Waals surface area contributed by atoms with E-state index in [9.17, 15) is 14.0 Å². The molecule has 0 aliphatic heterocycles. The number of anilines is 3. The van der Waals surface area contributed by atoms with E-state index in [-0.39, 0.29) is 17.9 Å². The number of aromatic nitrogens is 2. The smallest absolute Gasteiger partial charge is 0.340 e. The van der Waals surface area contributed by atoms with E-state index in [4.69, 9.17) is 4.74 Å². The highest BCUT2D eigenvalue weighted by atomic mass is 19.1. The first-order valence-electron chi connectivity index (χ1n) is 8.49. The van der Waals surface area contributed by atoms with Crippen LogP contribution in [0.3, 0.4) is 0 Å². The number of hydrogen-bond donors (Lipinski definition) is 2. The van der Waals surface area contributed by atoms with Crippen LogP contribution >= 0.6 is 0 Å². The van der Waals surface area contributed by atoms with Crippen molar-refractivity contribution in [3.05, 3.63) is 78.0 Å². The average molecular weight is 380 g/mol. The van der Waals surface area contributed by atoms with Crippen molar-refractivity contribution in [1.82, 2.24) is 9.97 Å². The minimum Gasteiger partial charge on any atom is -0.462 e. The Kier molecular flexibility index (Phi) is 5.91. The number of carbonyl (C=O) groups is 2. The lowest BCUT2D eigenvalue weighted by Gasteiger charge is -2.11. The molecule has 0 bridgehead atoms. The minimum atomic E-state index is -0.533. The van der Waals surface area contributed by atoms with Crippen LogP contribution in [0.4, 0.5) is 21.6 Å². The van der Waals surface area contributed by atoms with Gasteiger partial charge < -0.3 is 15.4 Å². The number of hydrogen-bond acceptors (Lipinski definition) is 6. The molecule has 0 atom stereocenters. The van der Waals surface area contributed by atoms with Crippen LogP contribution in [-0.4, -0.2) is 28.5 Å². The highest BCUT2D eigenvalue weighted by molar-refractivity contribution is 6.07. The van der Waals surface area contributed by atoms with Gasteiger partial charge in [0.15, 0.2) is 0 Å². The van der Waals surface area contributed by atoms with Gasteiger partial charge in [-0.2, -0.15) is 0 Å². The molecule has 7 nitrogen and oxygen atoms in total. The SMILES string of the molecule is CCOC(=O)c1ccccc1NC(=O)c1cc(Nc2cccc(F)c2)ncn1. The Bertz CT molecular complexity index is 1010. The normalized spacial score (nSPS) is 10.2. The zero-order valence-corrected chi connectivity index (χ0v) is 15.0. The topological polar surface area (TPSA) is 93.2 Å². The molecule has 0 aliphatic rings. The standard InChI is InChI=1S/C20H17FN4O3/c1-2-28-20(27)15-8-3-4-9-16(15)25-19(26)17-11-18(23-12-22-17)24-14-7-5-6-13(21)10-14/h3-12H,2H2,1H3,(H,25,26)(H,22,23,24). The second kappa shape index (κ2) is 8.72. The predicted molar refractivity (Wildman–Crippen MR) is 102 cm³/mol. The number of rotatable bonds is 6. The van der Waals surface area contributed by atoms with Crippen LogP contribution in [0.2, 0.25) is 0 Å². The Morgan fingerprint density at radius 3 is 2.68 bits per heavy atom. The molecule has 3 rings (SSSR count). The van der Waals surface area contributed by atoms with Gasteiger partial charge in [0.1, 0.15) is 23.7 Å². The summed E-state index contributed by atoms with van der Waals surface area (Å²) in [5.41, 5.74) is 1.11. The average Bonchev–Trinajstić information content (AvgIpc) is 2.69. The maximum Gasteiger partial charge on any atom is 0.340 e. The van der Waals surface area contributed by atoms with E-state index in [1.165, 1.54) is 24.5 Å². The molecule has 3 aromatic rings. The molecule has 0 saturated heterocycles. The predicted octanol–water partition coefficient (Wildman–Crippen LogP) is 3.79. The number of halogens is 1. The van der Waals surface area contributed by atoms with Crippen molar-refractivity contribution in [2.75, 3.05) is 17.2 Å². The lowest BCUT2D eigenvalue weighted by molar-refractivity contribution is 0.0527. The first kappa shape index (κ1) is 19.0. The molecule has 1 aromatic heterocycles. The monoisotopic (exact) mass is 380 g/mol. The van der Waals surface area contributed by atoms with Crippen LogP contribution in [0.25, 0.3) is 0 Å². The maximum atomic E-state index is 13.3. The molecule has 0 fully saturated rings. The molecule has 0 aliphatic carbocycles. The van der Waals surface area contributed by atoms with E-state index in [2.05, 4.69) is 20.6 Å². The van der Waals surface area contributed by atoms with Gasteiger partial charge in [-0.3, -0.25) is 4.79 Å². The molecule has 0 unspecified atom stereocenters. The number of nitrogens with zero attached hydrogens (tertiary/aromatic N) is 2. The molecule has 2 aromatic carbocycles. The molecule has 2 N–H and O–H groups in total. The quantitative estimate of drug-likeness (QED) is 0.632. The maximum absolute atomic E-state index is 13.3. The van der Waals surface area contributed by atoms with Gasteiger partial charge in [0, 0.05) is 11.8 Å². The van der Waals surface area contributed by atoms with Gasteiger partial charge in [-0.15, -0.1) is 0 Å². The highest BCUT2D eigenvalue weighted by Crippen LogP contribution is 2.19. The zero-order chi connectivity index (χ0) is 19.9. The third-order valence-electron chi connectivity index (χ3n) is 3.67. The van der Waals surface area contributed by atoms with E-state index in [1.54, 1.807) is 43.3 Å². The Balaban J connectivity index is 1.78. The van der Waals surface area contributed by atoms with E-state index in [0.29, 0.717) is 17.2 Å². The van der Waals surface area contributed by atoms with E-state index >= 15 is 0 Å². The molecule has 142 valence electrons. The van der Waals surface area contributed by atoms with Crippen molar-refractivity contribution in [3.63, 3.8) is 0 Å². The summed E-state index contributed by atoms with van der Waals surface area (Å²) in [6.07, 6.45) is 1.22. The molecule has 28 heavy (non-hydrogen) atoms. The molecule has 0 saturated carbocycles. The lowest BCUT2D eigenvalue weighted by atomic mass is 10.1. The Morgan fingerprint density at radius 2 is 1.89 bits per heavy atom. The molecular weight excluding hydrogens is 363 g/mol. The summed E-state index contributed by atoms with van der Waals surface area (Å²) in [7, 11) is 0. The van der Waals surface area contributed by atoms with E-state index < -0.39 is 17.7 Å². The number of carbonyl (C=O) groups excluding carboxylic acids is 2. The molecular formula is C20H17FN4O3. The molecule has 1 amide bonds. The van der Waals surface area contributed by atoms with Gasteiger partial charge in [-0.25, -0.2) is 19.2 Å². The van der Waals surface area contributed by atoms with Gasteiger partial charge in [0.05, 0.1) is 17.9 Å². The van der Waals surface area contributed by atoms with Crippen LogP contribution in [-0.2, 0) is 4.74 Å². The molecule has 0 spiro atoms. The van der Waals surface area contributed by atoms with Crippen molar-refractivity contribution in [3.8, 4) is 0 Å². The fourth-order valence-electron chi connectivity index (χ4n) is 2.43. The number of amides is 1. The van der Waals surface area contributed by atoms with Crippen molar-refractivity contribution in [1.29, 1.82) is 0 Å². The van der Waals surface area contributed by atoms with Gasteiger partial charge in [-0.05, 0) is 37.3 Å². The number of ether oxygens (including phenoxy) is 1. The summed E-state index contributed by atoms with van der Waals surface area (Å²) >= 11 is 0. The molecule has 0 radical (unpaired) electrons. The zero-order valence-electron chi connectivity index (χ0n) is 15.0. The van der Waals surface area contributed by atoms with Crippen LogP contribution in [0.15, 0.2) is 60.9 Å². The Hall–Kier alpha value is -3.81. The van der Waals surface area contributed by atoms with Crippen LogP contribution < -0.4 is 10.6 Å². The third-order valence-corrected chi connectivity index (χ3v) is 3.67. The molecule has 1 heterocycles. The van der Waals surface area contributed by atoms with Crippen LogP contribution in [0.5, 0.6) is 0 Å². The summed E-state index contributed by atoms with van der Waals surface area (Å²) in [5, 5.41) is 5.55. The molecule has 8 heteroatoms. The summed E-state index contributed by atoms with van der Waals surface area (Å²) in [6, 6.07) is 13.8. The van der Waals surface area contributed by atoms with Crippen molar-refractivity contribution in [2.45, 2.75) is 6.92 Å². The Labute approximate surface area is 160 Å². The van der Waals surface area contributed by atoms with Crippen LogP contribution in [0.1, 0.15) is 27.8 Å². The largest absolute Gasteiger partial charge is 0.462 e. The van der Waals surface area contributed by atoms with E-state index in [0.717, 1.165) is 0 Å². The summed E-state index contributed by atoms with van der Waals surface area (Å²) in [5.74, 6) is -1.13. The van der Waals surface area contributed by atoms with Crippen LogP contribution in [0, 0.1) is 5.82 Å². The second-order valence-electron chi connectivity index (χ2n) is 5.64. The first-order chi connectivity index (χ1) is 13.6. The van der Waals surface area contributed by atoms with Gasteiger partial charge >= 0.3 is 5.97 Å². The fraction of sp³-hybridized carbons (Fsp3) is 0.100. The number of benzene rings is 2. The summed E-state index contributed by atoms with van der Waals surface area (Å²) < 4.78 is 18.3. The van der Waals surface area contributed by atoms with Gasteiger partial charge in [-0.1, -0.05) is 18.2 Å². The lowest BCUT2D eigenvalue weighted by Crippen LogP contribution is -2.17. The number of para-hydroxylation sites is 1. The second-order valence-corrected chi connectivity index (χ2v) is 5.64. The van der Waals surface area contributed by atoms with Crippen molar-refractivity contribution in [2.24, 2.45) is 0 Å². The van der Waals surface area contributed by atoms with Crippen molar-refractivity contribution >= 4 is 29.1 Å². The third kappa shape index (κ3) is 4.67. The van der Waals surface area contributed by atoms with Crippen molar-refractivity contribution < 1.29 is 18.7 Å². The Morgan fingerprint density at radius 1 is 1.07 bits per heavy atom. The van der Waals surface area contributed by atoms with Gasteiger partial charge in [0.25, 0.3) is 5.91 Å². The first-order valence-corrected chi connectivity index (χ1v) is 8.49. The highest BCUT2D eigenvalue weighted by Gasteiger charge is 2.16.